The second-order valence-electron chi connectivity index (χ2n) is 5.41. The lowest BCUT2D eigenvalue weighted by Crippen LogP contribution is -2.60. The highest BCUT2D eigenvalue weighted by Gasteiger charge is 2.81. The monoisotopic (exact) mass is 304 g/mol. The molecule has 0 aromatic rings. The van der Waals surface area contributed by atoms with Gasteiger partial charge in [0.15, 0.2) is 0 Å². The Bertz CT molecular complexity index is 308. The molecule has 0 aromatic heterocycles. The van der Waals surface area contributed by atoms with Crippen LogP contribution in [-0.2, 0) is 0 Å². The summed E-state index contributed by atoms with van der Waals surface area (Å²) in [5, 5.41) is 0. The largest absolute Gasteiger partial charge is 0.460 e. The molecule has 0 spiro atoms. The lowest BCUT2D eigenvalue weighted by molar-refractivity contribution is -0.397. The molecule has 0 saturated carbocycles. The number of hydrogen-bond donors (Lipinski definition) is 0. The van der Waals surface area contributed by atoms with Crippen LogP contribution in [0.2, 0.25) is 0 Å². The Morgan fingerprint density at radius 1 is 0.579 bits per heavy atom. The van der Waals surface area contributed by atoms with Crippen LogP contribution in [0, 0.1) is 5.41 Å². The Labute approximate surface area is 104 Å². The van der Waals surface area contributed by atoms with Crippen molar-refractivity contribution in [1.82, 2.24) is 0 Å². The van der Waals surface area contributed by atoms with Gasteiger partial charge in [0, 0.05) is 6.42 Å². The number of halogens is 9. The first kappa shape index (κ1) is 18.4. The first-order valence-corrected chi connectivity index (χ1v) is 5.16. The van der Waals surface area contributed by atoms with Crippen LogP contribution in [0.25, 0.3) is 0 Å². The van der Waals surface area contributed by atoms with Crippen LogP contribution < -0.4 is 0 Å². The van der Waals surface area contributed by atoms with Crippen LogP contribution in [0.15, 0.2) is 0 Å². The summed E-state index contributed by atoms with van der Waals surface area (Å²) >= 11 is 0. The van der Waals surface area contributed by atoms with Crippen LogP contribution in [0.3, 0.4) is 0 Å². The van der Waals surface area contributed by atoms with Crippen LogP contribution in [0.1, 0.15) is 33.6 Å². The highest BCUT2D eigenvalue weighted by Crippen LogP contribution is 2.54. The zero-order valence-corrected chi connectivity index (χ0v) is 10.3. The maximum absolute atomic E-state index is 13.0. The standard InChI is InChI=1S/C10H13F9/c1-6(2,3)4-5-7(11,12)8(13,14)9(15,16)10(17,18)19/h4-5H2,1-3H3. The van der Waals surface area contributed by atoms with Gasteiger partial charge in [-0.25, -0.2) is 0 Å². The average Bonchev–Trinajstić information content (AvgIpc) is 2.11. The van der Waals surface area contributed by atoms with Crippen molar-refractivity contribution in [1.29, 1.82) is 0 Å². The minimum atomic E-state index is -6.79. The van der Waals surface area contributed by atoms with E-state index in [1.54, 1.807) is 0 Å². The highest BCUT2D eigenvalue weighted by molar-refractivity contribution is 5.00. The molecule has 0 aromatic carbocycles. The molecule has 0 unspecified atom stereocenters. The quantitative estimate of drug-likeness (QED) is 0.620. The molecule has 0 aliphatic carbocycles. The Morgan fingerprint density at radius 3 is 1.21 bits per heavy atom. The van der Waals surface area contributed by atoms with Gasteiger partial charge in [-0.1, -0.05) is 20.8 Å². The minimum Gasteiger partial charge on any atom is -0.200 e. The van der Waals surface area contributed by atoms with E-state index in [0.717, 1.165) is 0 Å². The zero-order chi connectivity index (χ0) is 15.9. The van der Waals surface area contributed by atoms with Gasteiger partial charge < -0.3 is 0 Å². The average molecular weight is 304 g/mol. The van der Waals surface area contributed by atoms with E-state index in [-0.39, 0.29) is 0 Å². The molecular weight excluding hydrogens is 291 g/mol. The maximum Gasteiger partial charge on any atom is 0.460 e. The van der Waals surface area contributed by atoms with Crippen molar-refractivity contribution in [3.05, 3.63) is 0 Å². The molecule has 0 bridgehead atoms. The highest BCUT2D eigenvalue weighted by atomic mass is 19.4. The van der Waals surface area contributed by atoms with Gasteiger partial charge in [-0.3, -0.25) is 0 Å². The molecule has 0 aliphatic heterocycles. The van der Waals surface area contributed by atoms with Gasteiger partial charge in [-0.05, 0) is 11.8 Å². The first-order chi connectivity index (χ1) is 7.96. The number of rotatable bonds is 4. The lowest BCUT2D eigenvalue weighted by Gasteiger charge is -2.34. The van der Waals surface area contributed by atoms with Crippen molar-refractivity contribution >= 4 is 0 Å². The molecule has 0 nitrogen and oxygen atoms in total. The minimum absolute atomic E-state index is 0.635. The lowest BCUT2D eigenvalue weighted by atomic mass is 9.87. The summed E-state index contributed by atoms with van der Waals surface area (Å²) in [7, 11) is 0. The summed E-state index contributed by atoms with van der Waals surface area (Å²) in [6.45, 7) is 4.09. The van der Waals surface area contributed by atoms with Crippen LogP contribution in [0.4, 0.5) is 39.5 Å². The molecule has 0 aliphatic rings. The van der Waals surface area contributed by atoms with Gasteiger partial charge >= 0.3 is 23.9 Å². The van der Waals surface area contributed by atoms with E-state index >= 15 is 0 Å². The molecule has 0 atom stereocenters. The molecule has 0 heterocycles. The summed E-state index contributed by atoms with van der Waals surface area (Å²) in [5.74, 6) is -18.7. The number of alkyl halides is 9. The Hall–Kier alpha value is -0.630. The van der Waals surface area contributed by atoms with Crippen molar-refractivity contribution in [2.75, 3.05) is 0 Å². The van der Waals surface area contributed by atoms with Gasteiger partial charge in [0.25, 0.3) is 0 Å². The smallest absolute Gasteiger partial charge is 0.200 e. The van der Waals surface area contributed by atoms with Crippen molar-refractivity contribution in [2.24, 2.45) is 5.41 Å². The molecule has 0 radical (unpaired) electrons. The summed E-state index contributed by atoms with van der Waals surface area (Å²) in [5.41, 5.74) is -0.910. The fourth-order valence-electron chi connectivity index (χ4n) is 1.10. The predicted molar refractivity (Wildman–Crippen MR) is 49.6 cm³/mol. The van der Waals surface area contributed by atoms with Crippen molar-refractivity contribution in [3.8, 4) is 0 Å². The van der Waals surface area contributed by atoms with Crippen molar-refractivity contribution in [3.63, 3.8) is 0 Å². The van der Waals surface area contributed by atoms with Crippen LogP contribution >= 0.6 is 0 Å². The van der Waals surface area contributed by atoms with E-state index in [1.165, 1.54) is 20.8 Å². The summed E-state index contributed by atoms with van der Waals surface area (Å²) in [6.07, 6.45) is -9.15. The summed E-state index contributed by atoms with van der Waals surface area (Å²) in [6, 6.07) is 0. The SMILES string of the molecule is CC(C)(C)CCC(F)(F)C(F)(F)C(F)(F)C(F)(F)F. The van der Waals surface area contributed by atoms with Gasteiger partial charge in [0.05, 0.1) is 0 Å². The van der Waals surface area contributed by atoms with Crippen molar-refractivity contribution < 1.29 is 39.5 Å². The molecule has 0 amide bonds. The molecule has 0 N–H and O–H groups in total. The fourth-order valence-corrected chi connectivity index (χ4v) is 1.10. The van der Waals surface area contributed by atoms with E-state index in [4.69, 9.17) is 0 Å². The van der Waals surface area contributed by atoms with E-state index in [2.05, 4.69) is 0 Å². The van der Waals surface area contributed by atoms with Crippen LogP contribution in [-0.4, -0.2) is 23.9 Å². The van der Waals surface area contributed by atoms with E-state index in [1.807, 2.05) is 0 Å². The maximum atomic E-state index is 13.0. The van der Waals surface area contributed by atoms with E-state index in [0.29, 0.717) is 0 Å². The third-order valence-corrected chi connectivity index (χ3v) is 2.40. The second kappa shape index (κ2) is 4.73. The summed E-state index contributed by atoms with van der Waals surface area (Å²) in [4.78, 5) is 0. The first-order valence-electron chi connectivity index (χ1n) is 5.16. The normalized spacial score (nSPS) is 15.8. The Morgan fingerprint density at radius 2 is 0.947 bits per heavy atom. The summed E-state index contributed by atoms with van der Waals surface area (Å²) < 4.78 is 112. The zero-order valence-electron chi connectivity index (χ0n) is 10.3. The molecule has 0 fully saturated rings. The molecule has 19 heavy (non-hydrogen) atoms. The Kier molecular flexibility index (Phi) is 4.57. The molecule has 0 rings (SSSR count). The molecule has 9 heteroatoms. The third-order valence-electron chi connectivity index (χ3n) is 2.40. The number of hydrogen-bond acceptors (Lipinski definition) is 0. The second-order valence-corrected chi connectivity index (χ2v) is 5.41. The van der Waals surface area contributed by atoms with Gasteiger partial charge in [-0.2, -0.15) is 39.5 Å². The Balaban J connectivity index is 5.28. The molecule has 116 valence electrons. The third kappa shape index (κ3) is 3.68. The molecular formula is C10H13F9. The van der Waals surface area contributed by atoms with Crippen molar-refractivity contribution in [2.45, 2.75) is 57.6 Å². The van der Waals surface area contributed by atoms with E-state index in [9.17, 15) is 39.5 Å². The molecule has 0 saturated heterocycles. The fraction of sp³-hybridized carbons (Fsp3) is 1.00. The van der Waals surface area contributed by atoms with Gasteiger partial charge in [0.1, 0.15) is 0 Å². The van der Waals surface area contributed by atoms with Gasteiger partial charge in [-0.15, -0.1) is 0 Å². The topological polar surface area (TPSA) is 0 Å². The predicted octanol–water partition coefficient (Wildman–Crippen LogP) is 5.28. The van der Waals surface area contributed by atoms with E-state index < -0.39 is 42.2 Å². The van der Waals surface area contributed by atoms with Crippen LogP contribution in [0.5, 0.6) is 0 Å². The van der Waals surface area contributed by atoms with Gasteiger partial charge in [0.2, 0.25) is 0 Å².